The fraction of sp³-hybridized carbons (Fsp3) is 0.600. The maximum atomic E-state index is 12.8. The number of amides is 1. The average molecular weight is 394 g/mol. The standard InChI is InChI=1S/C20H24ClNO5/c1-26-16-3-2-14(5-15(16)21)22-17(23)10-27-18(24)19-6-12-4-13(7-19)9-20(25,8-12)11-19/h2-3,5,12-13,25H,4,6-11H2,1H3,(H,22,23)/t12-,13+,19?,20?. The predicted molar refractivity (Wildman–Crippen MR) is 99.7 cm³/mol. The summed E-state index contributed by atoms with van der Waals surface area (Å²) in [5.74, 6) is 0.518. The lowest BCUT2D eigenvalue weighted by Crippen LogP contribution is -2.58. The number of halogens is 1. The zero-order valence-electron chi connectivity index (χ0n) is 15.3. The van der Waals surface area contributed by atoms with Gasteiger partial charge in [0, 0.05) is 5.69 Å². The summed E-state index contributed by atoms with van der Waals surface area (Å²) in [6, 6.07) is 4.90. The molecule has 0 radical (unpaired) electrons. The van der Waals surface area contributed by atoms with Crippen LogP contribution < -0.4 is 10.1 Å². The molecule has 4 fully saturated rings. The average Bonchev–Trinajstić information content (AvgIpc) is 2.57. The minimum atomic E-state index is -0.731. The maximum Gasteiger partial charge on any atom is 0.312 e. The number of carbonyl (C=O) groups is 2. The van der Waals surface area contributed by atoms with Crippen molar-refractivity contribution in [3.8, 4) is 5.75 Å². The quantitative estimate of drug-likeness (QED) is 0.750. The number of anilines is 1. The molecule has 0 aromatic heterocycles. The molecular weight excluding hydrogens is 370 g/mol. The molecule has 4 saturated carbocycles. The summed E-state index contributed by atoms with van der Waals surface area (Å²) < 4.78 is 10.4. The zero-order valence-corrected chi connectivity index (χ0v) is 16.1. The second kappa shape index (κ2) is 6.67. The highest BCUT2D eigenvalue weighted by atomic mass is 35.5. The van der Waals surface area contributed by atoms with E-state index in [-0.39, 0.29) is 12.6 Å². The number of benzene rings is 1. The molecule has 5 rings (SSSR count). The van der Waals surface area contributed by atoms with Gasteiger partial charge in [0.15, 0.2) is 6.61 Å². The van der Waals surface area contributed by atoms with Gasteiger partial charge in [-0.05, 0) is 68.6 Å². The lowest BCUT2D eigenvalue weighted by molar-refractivity contribution is -0.196. The Labute approximate surface area is 163 Å². The molecule has 7 heteroatoms. The number of carbonyl (C=O) groups excluding carboxylic acids is 2. The van der Waals surface area contributed by atoms with Gasteiger partial charge in [-0.2, -0.15) is 0 Å². The number of aliphatic hydroxyl groups is 1. The lowest BCUT2D eigenvalue weighted by Gasteiger charge is -2.58. The molecule has 4 atom stereocenters. The van der Waals surface area contributed by atoms with Gasteiger partial charge in [-0.3, -0.25) is 9.59 Å². The first-order valence-electron chi connectivity index (χ1n) is 9.34. The van der Waals surface area contributed by atoms with Gasteiger partial charge < -0.3 is 19.9 Å². The van der Waals surface area contributed by atoms with Crippen LogP contribution in [-0.2, 0) is 14.3 Å². The smallest absolute Gasteiger partial charge is 0.312 e. The zero-order chi connectivity index (χ0) is 19.2. The van der Waals surface area contributed by atoms with E-state index in [9.17, 15) is 14.7 Å². The van der Waals surface area contributed by atoms with Crippen LogP contribution in [0.15, 0.2) is 18.2 Å². The van der Waals surface area contributed by atoms with E-state index in [0.29, 0.717) is 34.7 Å². The molecule has 27 heavy (non-hydrogen) atoms. The third-order valence-electron chi connectivity index (χ3n) is 6.23. The highest BCUT2D eigenvalue weighted by Crippen LogP contribution is 2.61. The predicted octanol–water partition coefficient (Wildman–Crippen LogP) is 3.16. The van der Waals surface area contributed by atoms with Gasteiger partial charge in [-0.15, -0.1) is 0 Å². The number of rotatable bonds is 5. The largest absolute Gasteiger partial charge is 0.495 e. The summed E-state index contributed by atoms with van der Waals surface area (Å²) in [5, 5.41) is 13.8. The third-order valence-corrected chi connectivity index (χ3v) is 6.53. The Balaban J connectivity index is 1.35. The van der Waals surface area contributed by atoms with Gasteiger partial charge in [-0.25, -0.2) is 0 Å². The van der Waals surface area contributed by atoms with Crippen LogP contribution >= 0.6 is 11.6 Å². The van der Waals surface area contributed by atoms with Crippen LogP contribution in [0.4, 0.5) is 5.69 Å². The second-order valence-corrected chi connectivity index (χ2v) is 8.85. The van der Waals surface area contributed by atoms with Crippen LogP contribution in [0.25, 0.3) is 0 Å². The molecule has 0 heterocycles. The molecule has 1 aromatic carbocycles. The number of hydrogen-bond acceptors (Lipinski definition) is 5. The Bertz CT molecular complexity index is 766. The van der Waals surface area contributed by atoms with Gasteiger partial charge in [0.2, 0.25) is 0 Å². The molecular formula is C20H24ClNO5. The van der Waals surface area contributed by atoms with Crippen LogP contribution in [0.1, 0.15) is 38.5 Å². The SMILES string of the molecule is COc1ccc(NC(=O)COC(=O)C23C[C@@H]4C[C@@H](CC(O)(C4)C2)C3)cc1Cl. The van der Waals surface area contributed by atoms with Crippen LogP contribution in [0, 0.1) is 17.3 Å². The molecule has 2 N–H and O–H groups in total. The molecule has 0 saturated heterocycles. The van der Waals surface area contributed by atoms with Gasteiger partial charge in [0.25, 0.3) is 5.91 Å². The summed E-state index contributed by atoms with van der Waals surface area (Å²) in [7, 11) is 1.51. The van der Waals surface area contributed by atoms with Crippen molar-refractivity contribution in [3.63, 3.8) is 0 Å². The van der Waals surface area contributed by atoms with Gasteiger partial charge in [0.1, 0.15) is 5.75 Å². The van der Waals surface area contributed by atoms with Crippen molar-refractivity contribution < 1.29 is 24.2 Å². The van der Waals surface area contributed by atoms with E-state index in [2.05, 4.69) is 5.32 Å². The summed E-state index contributed by atoms with van der Waals surface area (Å²) in [4.78, 5) is 24.9. The first-order valence-corrected chi connectivity index (χ1v) is 9.72. The Hall–Kier alpha value is -1.79. The number of nitrogens with one attached hydrogen (secondary N) is 1. The minimum Gasteiger partial charge on any atom is -0.495 e. The molecule has 1 amide bonds. The van der Waals surface area contributed by atoms with Crippen LogP contribution in [0.5, 0.6) is 5.75 Å². The highest BCUT2D eigenvalue weighted by Gasteiger charge is 2.60. The van der Waals surface area contributed by atoms with Crippen molar-refractivity contribution in [3.05, 3.63) is 23.2 Å². The molecule has 0 spiro atoms. The summed E-state index contributed by atoms with van der Waals surface area (Å²) in [6.07, 6.45) is 4.66. The number of hydrogen-bond donors (Lipinski definition) is 2. The molecule has 146 valence electrons. The van der Waals surface area contributed by atoms with E-state index in [1.54, 1.807) is 18.2 Å². The van der Waals surface area contributed by atoms with Crippen molar-refractivity contribution in [1.29, 1.82) is 0 Å². The van der Waals surface area contributed by atoms with E-state index in [1.807, 2.05) is 0 Å². The molecule has 0 aliphatic heterocycles. The number of methoxy groups -OCH3 is 1. The minimum absolute atomic E-state index is 0.349. The van der Waals surface area contributed by atoms with Crippen LogP contribution in [-0.4, -0.2) is 36.3 Å². The number of esters is 1. The maximum absolute atomic E-state index is 12.8. The Morgan fingerprint density at radius 3 is 2.56 bits per heavy atom. The van der Waals surface area contributed by atoms with Crippen molar-refractivity contribution >= 4 is 29.2 Å². The van der Waals surface area contributed by atoms with E-state index >= 15 is 0 Å². The fourth-order valence-electron chi connectivity index (χ4n) is 5.68. The van der Waals surface area contributed by atoms with E-state index < -0.39 is 16.9 Å². The van der Waals surface area contributed by atoms with Gasteiger partial charge in [0.05, 0.1) is 23.1 Å². The monoisotopic (exact) mass is 393 g/mol. The molecule has 4 aliphatic carbocycles. The van der Waals surface area contributed by atoms with Gasteiger partial charge in [-0.1, -0.05) is 11.6 Å². The van der Waals surface area contributed by atoms with Gasteiger partial charge >= 0.3 is 5.97 Å². The van der Waals surface area contributed by atoms with Crippen molar-refractivity contribution in [2.24, 2.45) is 17.3 Å². The van der Waals surface area contributed by atoms with E-state index in [4.69, 9.17) is 21.1 Å². The first-order chi connectivity index (χ1) is 12.8. The molecule has 2 unspecified atom stereocenters. The molecule has 1 aromatic rings. The lowest BCUT2D eigenvalue weighted by atomic mass is 9.48. The van der Waals surface area contributed by atoms with E-state index in [1.165, 1.54) is 7.11 Å². The molecule has 6 nitrogen and oxygen atoms in total. The molecule has 4 bridgehead atoms. The summed E-state index contributed by atoms with van der Waals surface area (Å²) in [6.45, 7) is -0.349. The Morgan fingerprint density at radius 1 is 1.26 bits per heavy atom. The topological polar surface area (TPSA) is 84.9 Å². The fourth-order valence-corrected chi connectivity index (χ4v) is 5.94. The van der Waals surface area contributed by atoms with Crippen LogP contribution in [0.3, 0.4) is 0 Å². The van der Waals surface area contributed by atoms with Crippen molar-refractivity contribution in [2.45, 2.75) is 44.1 Å². The Morgan fingerprint density at radius 2 is 1.96 bits per heavy atom. The third kappa shape index (κ3) is 3.52. The van der Waals surface area contributed by atoms with E-state index in [0.717, 1.165) is 32.1 Å². The van der Waals surface area contributed by atoms with Crippen LogP contribution in [0.2, 0.25) is 5.02 Å². The van der Waals surface area contributed by atoms with Crippen molar-refractivity contribution in [1.82, 2.24) is 0 Å². The van der Waals surface area contributed by atoms with Crippen molar-refractivity contribution in [2.75, 3.05) is 19.0 Å². The Kier molecular flexibility index (Phi) is 4.59. The normalized spacial score (nSPS) is 33.6. The number of ether oxygens (including phenoxy) is 2. The summed E-state index contributed by atoms with van der Waals surface area (Å²) in [5.41, 5.74) is -0.848. The highest BCUT2D eigenvalue weighted by molar-refractivity contribution is 6.32. The molecule has 4 aliphatic rings. The first kappa shape index (κ1) is 18.6. The summed E-state index contributed by atoms with van der Waals surface area (Å²) >= 11 is 6.04. The second-order valence-electron chi connectivity index (χ2n) is 8.44.